The van der Waals surface area contributed by atoms with Crippen LogP contribution in [0.4, 0.5) is 5.82 Å². The van der Waals surface area contributed by atoms with Gasteiger partial charge in [-0.15, -0.1) is 0 Å². The Hall–Kier alpha value is -2.24. The second-order valence-corrected chi connectivity index (χ2v) is 6.65. The first-order chi connectivity index (χ1) is 11.9. The molecule has 0 amide bonds. The largest absolute Gasteiger partial charge is 0.366 e. The molecule has 1 aromatic carbocycles. The smallest absolute Gasteiger partial charge is 0.165 e. The highest BCUT2D eigenvalue weighted by Gasteiger charge is 2.16. The number of benzene rings is 1. The maximum atomic E-state index is 6.41. The van der Waals surface area contributed by atoms with Gasteiger partial charge in [0, 0.05) is 36.8 Å². The number of aryl methyl sites for hydroxylation is 1. The lowest BCUT2D eigenvalue weighted by Crippen LogP contribution is -2.18. The Morgan fingerprint density at radius 1 is 1.12 bits per heavy atom. The van der Waals surface area contributed by atoms with E-state index in [0.717, 1.165) is 16.8 Å². The molecule has 0 saturated heterocycles. The Bertz CT molecular complexity index is 962. The standard InChI is InChI=1S/C18H17Cl2N5/c1-10-21-9-12-8-13(16-14(19)6-5-7-15(16)20)18(24-17(12)22-10)23-11(2)25(3)4/h5-9H,1-4H3/b23-11+. The molecular weight excluding hydrogens is 357 g/mol. The van der Waals surface area contributed by atoms with Crippen molar-refractivity contribution in [2.75, 3.05) is 14.1 Å². The number of amidine groups is 1. The highest BCUT2D eigenvalue weighted by Crippen LogP contribution is 2.40. The summed E-state index contributed by atoms with van der Waals surface area (Å²) in [6.45, 7) is 3.74. The van der Waals surface area contributed by atoms with Crippen molar-refractivity contribution in [3.63, 3.8) is 0 Å². The zero-order valence-electron chi connectivity index (χ0n) is 14.4. The zero-order valence-corrected chi connectivity index (χ0v) is 15.9. The molecule has 0 saturated carbocycles. The van der Waals surface area contributed by atoms with Crippen molar-refractivity contribution in [3.05, 3.63) is 46.3 Å². The third kappa shape index (κ3) is 3.57. The topological polar surface area (TPSA) is 54.3 Å². The summed E-state index contributed by atoms with van der Waals surface area (Å²) in [5, 5.41) is 1.89. The van der Waals surface area contributed by atoms with E-state index in [4.69, 9.17) is 23.2 Å². The first-order valence-corrected chi connectivity index (χ1v) is 8.44. The van der Waals surface area contributed by atoms with Gasteiger partial charge in [-0.2, -0.15) is 0 Å². The van der Waals surface area contributed by atoms with Crippen molar-refractivity contribution in [2.45, 2.75) is 13.8 Å². The number of halogens is 2. The molecule has 3 rings (SSSR count). The van der Waals surface area contributed by atoms with E-state index < -0.39 is 0 Å². The predicted octanol–water partition coefficient (Wildman–Crippen LogP) is 4.92. The van der Waals surface area contributed by atoms with Crippen molar-refractivity contribution >= 4 is 45.9 Å². The third-order valence-corrected chi connectivity index (χ3v) is 4.45. The summed E-state index contributed by atoms with van der Waals surface area (Å²) in [5.41, 5.74) is 2.03. The summed E-state index contributed by atoms with van der Waals surface area (Å²) in [6.07, 6.45) is 1.74. The highest BCUT2D eigenvalue weighted by molar-refractivity contribution is 6.39. The summed E-state index contributed by atoms with van der Waals surface area (Å²) < 4.78 is 0. The summed E-state index contributed by atoms with van der Waals surface area (Å²) in [6, 6.07) is 7.33. The number of hydrogen-bond acceptors (Lipinski definition) is 4. The number of aliphatic imine (C=N–C) groups is 1. The summed E-state index contributed by atoms with van der Waals surface area (Å²) in [5.74, 6) is 1.98. The molecule has 0 aliphatic heterocycles. The average Bonchev–Trinajstić information content (AvgIpc) is 2.54. The molecule has 3 aromatic rings. The molecule has 0 N–H and O–H groups in total. The first-order valence-electron chi connectivity index (χ1n) is 7.68. The maximum absolute atomic E-state index is 6.41. The Balaban J connectivity index is 2.35. The average molecular weight is 374 g/mol. The fourth-order valence-corrected chi connectivity index (χ4v) is 2.92. The normalized spacial score (nSPS) is 11.8. The number of aromatic nitrogens is 3. The van der Waals surface area contributed by atoms with Crippen molar-refractivity contribution in [1.29, 1.82) is 0 Å². The number of pyridine rings is 1. The van der Waals surface area contributed by atoms with Crippen LogP contribution in [0.25, 0.3) is 22.2 Å². The minimum Gasteiger partial charge on any atom is -0.366 e. The van der Waals surface area contributed by atoms with Crippen molar-refractivity contribution in [1.82, 2.24) is 19.9 Å². The summed E-state index contributed by atoms with van der Waals surface area (Å²) in [4.78, 5) is 19.8. The Kier molecular flexibility index (Phi) is 4.88. The van der Waals surface area contributed by atoms with Crippen molar-refractivity contribution < 1.29 is 0 Å². The molecule has 25 heavy (non-hydrogen) atoms. The van der Waals surface area contributed by atoms with Crippen LogP contribution >= 0.6 is 23.2 Å². The first kappa shape index (κ1) is 17.6. The van der Waals surface area contributed by atoms with Crippen LogP contribution in [0.1, 0.15) is 12.7 Å². The third-order valence-electron chi connectivity index (χ3n) is 3.82. The van der Waals surface area contributed by atoms with Crippen LogP contribution in [0.15, 0.2) is 35.5 Å². The lowest BCUT2D eigenvalue weighted by Gasteiger charge is -2.14. The Morgan fingerprint density at radius 2 is 1.80 bits per heavy atom. The van der Waals surface area contributed by atoms with Gasteiger partial charge in [0.25, 0.3) is 0 Å². The van der Waals surface area contributed by atoms with Gasteiger partial charge in [-0.3, -0.25) is 0 Å². The van der Waals surface area contributed by atoms with Gasteiger partial charge in [0.2, 0.25) is 0 Å². The highest BCUT2D eigenvalue weighted by atomic mass is 35.5. The van der Waals surface area contributed by atoms with Gasteiger partial charge < -0.3 is 4.90 Å². The van der Waals surface area contributed by atoms with Crippen LogP contribution in [0.2, 0.25) is 10.0 Å². The van der Waals surface area contributed by atoms with Gasteiger partial charge in [-0.1, -0.05) is 29.3 Å². The number of hydrogen-bond donors (Lipinski definition) is 0. The molecule has 5 nitrogen and oxygen atoms in total. The molecule has 0 aliphatic carbocycles. The van der Waals surface area contributed by atoms with E-state index in [0.29, 0.717) is 32.9 Å². The SMILES string of the molecule is C/C(=N\c1nc2nc(C)ncc2cc1-c1c(Cl)cccc1Cl)N(C)C. The van der Waals surface area contributed by atoms with Crippen LogP contribution in [-0.2, 0) is 0 Å². The van der Waals surface area contributed by atoms with Gasteiger partial charge >= 0.3 is 0 Å². The number of rotatable bonds is 2. The molecular formula is C18H17Cl2N5. The Morgan fingerprint density at radius 3 is 2.44 bits per heavy atom. The van der Waals surface area contributed by atoms with Gasteiger partial charge in [-0.05, 0) is 32.0 Å². The van der Waals surface area contributed by atoms with Crippen molar-refractivity contribution in [2.24, 2.45) is 4.99 Å². The Labute approximate surface area is 156 Å². The monoisotopic (exact) mass is 373 g/mol. The maximum Gasteiger partial charge on any atom is 0.165 e. The predicted molar refractivity (Wildman–Crippen MR) is 104 cm³/mol. The molecule has 0 spiro atoms. The minimum absolute atomic E-state index is 0.520. The molecule has 7 heteroatoms. The fraction of sp³-hybridized carbons (Fsp3) is 0.222. The molecule has 128 valence electrons. The number of nitrogens with zero attached hydrogens (tertiary/aromatic N) is 5. The molecule has 2 heterocycles. The van der Waals surface area contributed by atoms with E-state index in [1.807, 2.05) is 45.0 Å². The van der Waals surface area contributed by atoms with E-state index >= 15 is 0 Å². The van der Waals surface area contributed by atoms with E-state index in [1.165, 1.54) is 0 Å². The molecule has 0 fully saturated rings. The lowest BCUT2D eigenvalue weighted by molar-refractivity contribution is 0.618. The summed E-state index contributed by atoms with van der Waals surface area (Å²) >= 11 is 12.8. The van der Waals surface area contributed by atoms with Crippen LogP contribution in [0, 0.1) is 6.92 Å². The van der Waals surface area contributed by atoms with Crippen LogP contribution < -0.4 is 0 Å². The van der Waals surface area contributed by atoms with E-state index in [-0.39, 0.29) is 0 Å². The zero-order chi connectivity index (χ0) is 18.1. The molecule has 0 unspecified atom stereocenters. The van der Waals surface area contributed by atoms with E-state index in [2.05, 4.69) is 19.9 Å². The molecule has 2 aromatic heterocycles. The van der Waals surface area contributed by atoms with Crippen LogP contribution in [0.5, 0.6) is 0 Å². The van der Waals surface area contributed by atoms with Crippen LogP contribution in [-0.4, -0.2) is 39.8 Å². The van der Waals surface area contributed by atoms with E-state index in [9.17, 15) is 0 Å². The second-order valence-electron chi connectivity index (χ2n) is 5.84. The quantitative estimate of drug-likeness (QED) is 0.472. The minimum atomic E-state index is 0.520. The number of fused-ring (bicyclic) bond motifs is 1. The molecule has 0 radical (unpaired) electrons. The lowest BCUT2D eigenvalue weighted by atomic mass is 10.1. The second kappa shape index (κ2) is 6.94. The summed E-state index contributed by atoms with van der Waals surface area (Å²) in [7, 11) is 3.85. The van der Waals surface area contributed by atoms with Gasteiger partial charge in [-0.25, -0.2) is 19.9 Å². The van der Waals surface area contributed by atoms with Gasteiger partial charge in [0.05, 0.1) is 10.0 Å². The molecule has 0 atom stereocenters. The van der Waals surface area contributed by atoms with Crippen LogP contribution in [0.3, 0.4) is 0 Å². The molecule has 0 aliphatic rings. The fourth-order valence-electron chi connectivity index (χ4n) is 2.32. The molecule has 0 bridgehead atoms. The van der Waals surface area contributed by atoms with E-state index in [1.54, 1.807) is 18.3 Å². The van der Waals surface area contributed by atoms with Crippen molar-refractivity contribution in [3.8, 4) is 11.1 Å². The van der Waals surface area contributed by atoms with Gasteiger partial charge in [0.1, 0.15) is 11.7 Å². The van der Waals surface area contributed by atoms with Gasteiger partial charge in [0.15, 0.2) is 11.5 Å².